The summed E-state index contributed by atoms with van der Waals surface area (Å²) in [5, 5.41) is 5.62. The van der Waals surface area contributed by atoms with Gasteiger partial charge in [-0.2, -0.15) is 0 Å². The van der Waals surface area contributed by atoms with Crippen LogP contribution in [0.5, 0.6) is 0 Å². The highest BCUT2D eigenvalue weighted by Gasteiger charge is 2.13. The minimum atomic E-state index is -0.578. The maximum absolute atomic E-state index is 13.5. The molecule has 2 aromatic rings. The Morgan fingerprint density at radius 1 is 1.29 bits per heavy atom. The standard InChI is InChI=1S/C12H12F2N2S/c1-2-15-6-11-16-10(7-17-11)12-8(13)4-3-5-9(12)14/h3-5,7,15H,2,6H2,1H3. The number of nitrogens with zero attached hydrogens (tertiary/aromatic N) is 1. The number of nitrogens with one attached hydrogen (secondary N) is 1. The normalized spacial score (nSPS) is 10.8. The second kappa shape index (κ2) is 5.33. The molecule has 0 amide bonds. The first-order chi connectivity index (χ1) is 8.22. The first-order valence-corrected chi connectivity index (χ1v) is 6.20. The largest absolute Gasteiger partial charge is 0.311 e. The van der Waals surface area contributed by atoms with Crippen LogP contribution in [0, 0.1) is 11.6 Å². The van der Waals surface area contributed by atoms with E-state index in [1.54, 1.807) is 5.38 Å². The quantitative estimate of drug-likeness (QED) is 0.906. The topological polar surface area (TPSA) is 24.9 Å². The summed E-state index contributed by atoms with van der Waals surface area (Å²) in [4.78, 5) is 4.22. The smallest absolute Gasteiger partial charge is 0.135 e. The lowest BCUT2D eigenvalue weighted by molar-refractivity contribution is 0.588. The van der Waals surface area contributed by atoms with Crippen molar-refractivity contribution in [2.45, 2.75) is 13.5 Å². The Kier molecular flexibility index (Phi) is 3.81. The van der Waals surface area contributed by atoms with E-state index in [0.717, 1.165) is 11.6 Å². The highest BCUT2D eigenvalue weighted by Crippen LogP contribution is 2.27. The van der Waals surface area contributed by atoms with E-state index in [9.17, 15) is 8.78 Å². The molecule has 1 heterocycles. The zero-order valence-corrected chi connectivity index (χ0v) is 10.2. The van der Waals surface area contributed by atoms with Crippen molar-refractivity contribution < 1.29 is 8.78 Å². The van der Waals surface area contributed by atoms with E-state index in [1.165, 1.54) is 29.5 Å². The average molecular weight is 254 g/mol. The molecule has 90 valence electrons. The first kappa shape index (κ1) is 12.1. The molecular weight excluding hydrogens is 242 g/mol. The van der Waals surface area contributed by atoms with E-state index < -0.39 is 11.6 Å². The van der Waals surface area contributed by atoms with Crippen LogP contribution >= 0.6 is 11.3 Å². The van der Waals surface area contributed by atoms with Crippen LogP contribution in [0.4, 0.5) is 8.78 Å². The molecule has 0 atom stereocenters. The molecule has 0 fully saturated rings. The first-order valence-electron chi connectivity index (χ1n) is 5.32. The number of rotatable bonds is 4. The molecule has 1 aromatic carbocycles. The highest BCUT2D eigenvalue weighted by atomic mass is 32.1. The van der Waals surface area contributed by atoms with Gasteiger partial charge in [-0.25, -0.2) is 13.8 Å². The van der Waals surface area contributed by atoms with E-state index in [4.69, 9.17) is 0 Å². The Balaban J connectivity index is 2.30. The maximum atomic E-state index is 13.5. The molecule has 0 saturated heterocycles. The minimum Gasteiger partial charge on any atom is -0.311 e. The van der Waals surface area contributed by atoms with Crippen molar-refractivity contribution in [1.29, 1.82) is 0 Å². The van der Waals surface area contributed by atoms with Gasteiger partial charge in [-0.05, 0) is 18.7 Å². The molecule has 0 aliphatic heterocycles. The van der Waals surface area contributed by atoms with Gasteiger partial charge >= 0.3 is 0 Å². The third-order valence-corrected chi connectivity index (χ3v) is 3.15. The summed E-state index contributed by atoms with van der Waals surface area (Å²) in [5.74, 6) is -1.16. The Labute approximate surface area is 102 Å². The van der Waals surface area contributed by atoms with Crippen LogP contribution in [-0.2, 0) is 6.54 Å². The van der Waals surface area contributed by atoms with E-state index in [0.29, 0.717) is 12.2 Å². The van der Waals surface area contributed by atoms with Crippen LogP contribution < -0.4 is 5.32 Å². The SMILES string of the molecule is CCNCc1nc(-c2c(F)cccc2F)cs1. The Morgan fingerprint density at radius 3 is 2.65 bits per heavy atom. The van der Waals surface area contributed by atoms with Crippen molar-refractivity contribution in [2.75, 3.05) is 6.54 Å². The van der Waals surface area contributed by atoms with E-state index in [2.05, 4.69) is 10.3 Å². The molecule has 0 aliphatic carbocycles. The third-order valence-electron chi connectivity index (χ3n) is 2.30. The average Bonchev–Trinajstić information content (AvgIpc) is 2.75. The van der Waals surface area contributed by atoms with Crippen molar-refractivity contribution in [3.05, 3.63) is 40.2 Å². The second-order valence-electron chi connectivity index (χ2n) is 3.50. The maximum Gasteiger partial charge on any atom is 0.135 e. The molecule has 0 saturated carbocycles. The van der Waals surface area contributed by atoms with Gasteiger partial charge in [0, 0.05) is 11.9 Å². The number of thiazole rings is 1. The highest BCUT2D eigenvalue weighted by molar-refractivity contribution is 7.09. The summed E-state index contributed by atoms with van der Waals surface area (Å²) < 4.78 is 27.0. The molecule has 0 spiro atoms. The van der Waals surface area contributed by atoms with Gasteiger partial charge in [0.05, 0.1) is 11.3 Å². The van der Waals surface area contributed by atoms with Gasteiger partial charge in [0.15, 0.2) is 0 Å². The minimum absolute atomic E-state index is 0.0495. The Hall–Kier alpha value is -1.33. The molecule has 1 aromatic heterocycles. The third kappa shape index (κ3) is 2.68. The molecule has 0 unspecified atom stereocenters. The number of benzene rings is 1. The van der Waals surface area contributed by atoms with Crippen LogP contribution in [0.1, 0.15) is 11.9 Å². The van der Waals surface area contributed by atoms with E-state index >= 15 is 0 Å². The van der Waals surface area contributed by atoms with Crippen molar-refractivity contribution in [3.8, 4) is 11.3 Å². The fourth-order valence-electron chi connectivity index (χ4n) is 1.48. The predicted octanol–water partition coefficient (Wildman–Crippen LogP) is 3.20. The number of hydrogen-bond acceptors (Lipinski definition) is 3. The second-order valence-corrected chi connectivity index (χ2v) is 4.45. The summed E-state index contributed by atoms with van der Waals surface area (Å²) in [5.41, 5.74) is 0.310. The Bertz CT molecular complexity index is 491. The molecule has 0 bridgehead atoms. The van der Waals surface area contributed by atoms with Gasteiger partial charge in [0.1, 0.15) is 16.6 Å². The molecule has 17 heavy (non-hydrogen) atoms. The monoisotopic (exact) mass is 254 g/mol. The van der Waals surface area contributed by atoms with Gasteiger partial charge in [0.2, 0.25) is 0 Å². The summed E-state index contributed by atoms with van der Waals surface area (Å²) in [6.45, 7) is 3.45. The van der Waals surface area contributed by atoms with Crippen molar-refractivity contribution >= 4 is 11.3 Å². The molecule has 1 N–H and O–H groups in total. The lowest BCUT2D eigenvalue weighted by Crippen LogP contribution is -2.11. The summed E-state index contributed by atoms with van der Waals surface area (Å²) in [6, 6.07) is 3.82. The molecule has 2 rings (SSSR count). The van der Waals surface area contributed by atoms with Crippen LogP contribution in [0.25, 0.3) is 11.3 Å². The van der Waals surface area contributed by atoms with Gasteiger partial charge < -0.3 is 5.32 Å². The van der Waals surface area contributed by atoms with Crippen LogP contribution in [0.15, 0.2) is 23.6 Å². The van der Waals surface area contributed by atoms with Crippen molar-refractivity contribution in [1.82, 2.24) is 10.3 Å². The molecule has 0 aliphatic rings. The number of aromatic nitrogens is 1. The van der Waals surface area contributed by atoms with Crippen LogP contribution in [0.3, 0.4) is 0 Å². The van der Waals surface area contributed by atoms with Crippen molar-refractivity contribution in [3.63, 3.8) is 0 Å². The van der Waals surface area contributed by atoms with Crippen molar-refractivity contribution in [2.24, 2.45) is 0 Å². The zero-order valence-electron chi connectivity index (χ0n) is 9.34. The fourth-order valence-corrected chi connectivity index (χ4v) is 2.24. The molecule has 2 nitrogen and oxygen atoms in total. The lowest BCUT2D eigenvalue weighted by Gasteiger charge is -2.00. The van der Waals surface area contributed by atoms with Crippen LogP contribution in [-0.4, -0.2) is 11.5 Å². The van der Waals surface area contributed by atoms with Gasteiger partial charge in [-0.15, -0.1) is 11.3 Å². The van der Waals surface area contributed by atoms with Gasteiger partial charge in [-0.3, -0.25) is 0 Å². The lowest BCUT2D eigenvalue weighted by atomic mass is 10.1. The summed E-state index contributed by atoms with van der Waals surface area (Å²) in [7, 11) is 0. The summed E-state index contributed by atoms with van der Waals surface area (Å²) in [6.07, 6.45) is 0. The number of hydrogen-bond donors (Lipinski definition) is 1. The summed E-state index contributed by atoms with van der Waals surface area (Å²) >= 11 is 1.39. The fraction of sp³-hybridized carbons (Fsp3) is 0.250. The van der Waals surface area contributed by atoms with Crippen LogP contribution in [0.2, 0.25) is 0 Å². The predicted molar refractivity (Wildman–Crippen MR) is 64.8 cm³/mol. The van der Waals surface area contributed by atoms with Gasteiger partial charge in [-0.1, -0.05) is 13.0 Å². The Morgan fingerprint density at radius 2 is 2.00 bits per heavy atom. The van der Waals surface area contributed by atoms with E-state index in [1.807, 2.05) is 6.92 Å². The zero-order chi connectivity index (χ0) is 12.3. The van der Waals surface area contributed by atoms with Gasteiger partial charge in [0.25, 0.3) is 0 Å². The number of halogens is 2. The molecule has 5 heteroatoms. The molecular formula is C12H12F2N2S. The molecule has 0 radical (unpaired) electrons. The van der Waals surface area contributed by atoms with E-state index in [-0.39, 0.29) is 5.56 Å².